The molecule has 8 heteroatoms. The Hall–Kier alpha value is -2.68. The van der Waals surface area contributed by atoms with Gasteiger partial charge in [-0.25, -0.2) is 4.98 Å². The number of nitrogens with zero attached hydrogens (tertiary/aromatic N) is 3. The van der Waals surface area contributed by atoms with Crippen molar-refractivity contribution in [3.8, 4) is 5.75 Å². The molecule has 0 bridgehead atoms. The third kappa shape index (κ3) is 4.89. The van der Waals surface area contributed by atoms with Crippen molar-refractivity contribution in [3.63, 3.8) is 0 Å². The fourth-order valence-electron chi connectivity index (χ4n) is 4.67. The standard InChI is InChI=1S/C26H31N3O4S/c1-18-7-13-34-24(18)26(30)29(17-22-4-3-10-33-22)16-20-14-19-5-6-21(31-2)15-23(19)27-25(20)28-8-11-32-12-9-28/h5-7,13-15,22H,3-4,8-12,16-17H2,1-2H3. The van der Waals surface area contributed by atoms with Crippen molar-refractivity contribution in [1.82, 2.24) is 9.88 Å². The Kier molecular flexibility index (Phi) is 6.99. The normalized spacial score (nSPS) is 18.4. The molecule has 1 amide bonds. The van der Waals surface area contributed by atoms with Gasteiger partial charge in [0.1, 0.15) is 11.6 Å². The predicted octanol–water partition coefficient (Wildman–Crippen LogP) is 4.27. The van der Waals surface area contributed by atoms with Crippen LogP contribution in [0.2, 0.25) is 0 Å². The van der Waals surface area contributed by atoms with Crippen LogP contribution in [0.4, 0.5) is 5.82 Å². The van der Waals surface area contributed by atoms with Crippen LogP contribution in [0.3, 0.4) is 0 Å². The van der Waals surface area contributed by atoms with Gasteiger partial charge in [-0.1, -0.05) is 0 Å². The van der Waals surface area contributed by atoms with Crippen LogP contribution in [-0.2, 0) is 16.0 Å². The maximum Gasteiger partial charge on any atom is 0.264 e. The number of aromatic nitrogens is 1. The first-order valence-electron chi connectivity index (χ1n) is 11.9. The van der Waals surface area contributed by atoms with Crippen molar-refractivity contribution < 1.29 is 19.0 Å². The minimum atomic E-state index is 0.0609. The van der Waals surface area contributed by atoms with Crippen molar-refractivity contribution in [2.24, 2.45) is 0 Å². The first-order chi connectivity index (χ1) is 16.6. The first kappa shape index (κ1) is 23.1. The van der Waals surface area contributed by atoms with Gasteiger partial charge in [0.05, 0.1) is 36.8 Å². The van der Waals surface area contributed by atoms with E-state index in [1.54, 1.807) is 7.11 Å². The molecule has 0 radical (unpaired) electrons. The summed E-state index contributed by atoms with van der Waals surface area (Å²) < 4.78 is 16.9. The van der Waals surface area contributed by atoms with Gasteiger partial charge in [0.25, 0.3) is 5.91 Å². The maximum absolute atomic E-state index is 13.7. The molecule has 0 N–H and O–H groups in total. The highest BCUT2D eigenvalue weighted by atomic mass is 32.1. The van der Waals surface area contributed by atoms with Crippen LogP contribution in [-0.4, -0.2) is 68.5 Å². The fraction of sp³-hybridized carbons (Fsp3) is 0.462. The summed E-state index contributed by atoms with van der Waals surface area (Å²) in [5.41, 5.74) is 2.94. The van der Waals surface area contributed by atoms with Crippen molar-refractivity contribution in [3.05, 3.63) is 51.7 Å². The lowest BCUT2D eigenvalue weighted by atomic mass is 10.1. The second-order valence-corrected chi connectivity index (χ2v) is 9.80. The predicted molar refractivity (Wildman–Crippen MR) is 134 cm³/mol. The van der Waals surface area contributed by atoms with Gasteiger partial charge in [0.2, 0.25) is 0 Å². The van der Waals surface area contributed by atoms with E-state index in [4.69, 9.17) is 19.2 Å². The molecule has 2 saturated heterocycles. The SMILES string of the molecule is COc1ccc2cc(CN(CC3CCCO3)C(=O)c3sccc3C)c(N3CCOCC3)nc2c1. The Morgan fingerprint density at radius 1 is 1.24 bits per heavy atom. The summed E-state index contributed by atoms with van der Waals surface area (Å²) in [6.07, 6.45) is 2.11. The number of carbonyl (C=O) groups is 1. The molecule has 1 unspecified atom stereocenters. The van der Waals surface area contributed by atoms with E-state index in [1.165, 1.54) is 11.3 Å². The number of hydrogen-bond donors (Lipinski definition) is 0. The summed E-state index contributed by atoms with van der Waals surface area (Å²) in [4.78, 5) is 23.7. The number of rotatable bonds is 7. The van der Waals surface area contributed by atoms with Crippen molar-refractivity contribution in [2.45, 2.75) is 32.4 Å². The third-order valence-electron chi connectivity index (χ3n) is 6.54. The van der Waals surface area contributed by atoms with Crippen LogP contribution in [0.1, 0.15) is 33.6 Å². The van der Waals surface area contributed by atoms with Crippen LogP contribution < -0.4 is 9.64 Å². The molecule has 1 atom stereocenters. The Morgan fingerprint density at radius 2 is 2.09 bits per heavy atom. The number of carbonyl (C=O) groups excluding carboxylic acids is 1. The van der Waals surface area contributed by atoms with Crippen LogP contribution in [0.15, 0.2) is 35.7 Å². The minimum absolute atomic E-state index is 0.0609. The number of anilines is 1. The molecule has 0 saturated carbocycles. The first-order valence-corrected chi connectivity index (χ1v) is 12.8. The molecule has 0 spiro atoms. The largest absolute Gasteiger partial charge is 0.497 e. The van der Waals surface area contributed by atoms with Crippen molar-refractivity contribution in [1.29, 1.82) is 0 Å². The zero-order valence-electron chi connectivity index (χ0n) is 19.8. The van der Waals surface area contributed by atoms with E-state index in [0.29, 0.717) is 26.3 Å². The summed E-state index contributed by atoms with van der Waals surface area (Å²) in [6.45, 7) is 6.73. The van der Waals surface area contributed by atoms with E-state index in [9.17, 15) is 4.79 Å². The highest BCUT2D eigenvalue weighted by Crippen LogP contribution is 2.30. The van der Waals surface area contributed by atoms with Crippen molar-refractivity contribution in [2.75, 3.05) is 51.5 Å². The Balaban J connectivity index is 1.53. The van der Waals surface area contributed by atoms with Gasteiger partial charge in [-0.05, 0) is 55.0 Å². The number of fused-ring (bicyclic) bond motifs is 1. The number of thiophene rings is 1. The van der Waals surface area contributed by atoms with E-state index in [0.717, 1.165) is 71.0 Å². The van der Waals surface area contributed by atoms with E-state index in [-0.39, 0.29) is 12.0 Å². The van der Waals surface area contributed by atoms with E-state index >= 15 is 0 Å². The molecule has 2 aliphatic heterocycles. The van der Waals surface area contributed by atoms with Gasteiger partial charge in [-0.15, -0.1) is 11.3 Å². The summed E-state index contributed by atoms with van der Waals surface area (Å²) in [5.74, 6) is 1.76. The van der Waals surface area contributed by atoms with Crippen LogP contribution in [0, 0.1) is 6.92 Å². The van der Waals surface area contributed by atoms with Crippen LogP contribution >= 0.6 is 11.3 Å². The number of amides is 1. The van der Waals surface area contributed by atoms with E-state index in [2.05, 4.69) is 11.0 Å². The maximum atomic E-state index is 13.7. The Morgan fingerprint density at radius 3 is 2.79 bits per heavy atom. The van der Waals surface area contributed by atoms with Gasteiger partial charge in [0.15, 0.2) is 0 Å². The number of hydrogen-bond acceptors (Lipinski definition) is 7. The summed E-state index contributed by atoms with van der Waals surface area (Å²) >= 11 is 1.50. The molecule has 34 heavy (non-hydrogen) atoms. The van der Waals surface area contributed by atoms with E-state index < -0.39 is 0 Å². The second-order valence-electron chi connectivity index (χ2n) is 8.88. The third-order valence-corrected chi connectivity index (χ3v) is 7.55. The molecule has 5 rings (SSSR count). The Labute approximate surface area is 204 Å². The lowest BCUT2D eigenvalue weighted by Gasteiger charge is -2.32. The van der Waals surface area contributed by atoms with Gasteiger partial charge < -0.3 is 24.0 Å². The number of morpholine rings is 1. The molecule has 3 aromatic rings. The fourth-order valence-corrected chi connectivity index (χ4v) is 5.56. The molecule has 4 heterocycles. The molecule has 180 valence electrons. The van der Waals surface area contributed by atoms with E-state index in [1.807, 2.05) is 41.5 Å². The van der Waals surface area contributed by atoms with Gasteiger partial charge >= 0.3 is 0 Å². The van der Waals surface area contributed by atoms with Crippen LogP contribution in [0.5, 0.6) is 5.75 Å². The average molecular weight is 482 g/mol. The van der Waals surface area contributed by atoms with Gasteiger partial charge in [-0.2, -0.15) is 0 Å². The number of methoxy groups -OCH3 is 1. The number of ether oxygens (including phenoxy) is 3. The lowest BCUT2D eigenvalue weighted by Crippen LogP contribution is -2.40. The monoisotopic (exact) mass is 481 g/mol. The zero-order valence-corrected chi connectivity index (χ0v) is 20.6. The summed E-state index contributed by atoms with van der Waals surface area (Å²) in [5, 5.41) is 3.02. The van der Waals surface area contributed by atoms with Gasteiger partial charge in [0, 0.05) is 49.8 Å². The number of pyridine rings is 1. The van der Waals surface area contributed by atoms with Crippen LogP contribution in [0.25, 0.3) is 10.9 Å². The number of aryl methyl sites for hydroxylation is 1. The molecule has 2 aliphatic rings. The minimum Gasteiger partial charge on any atom is -0.497 e. The molecule has 1 aromatic carbocycles. The highest BCUT2D eigenvalue weighted by Gasteiger charge is 2.27. The second kappa shape index (κ2) is 10.3. The quantitative estimate of drug-likeness (QED) is 0.502. The Bertz CT molecular complexity index is 1150. The smallest absolute Gasteiger partial charge is 0.264 e. The van der Waals surface area contributed by atoms with Gasteiger partial charge in [-0.3, -0.25) is 4.79 Å². The molecule has 0 aliphatic carbocycles. The summed E-state index contributed by atoms with van der Waals surface area (Å²) in [6, 6.07) is 10.1. The molecule has 2 fully saturated rings. The topological polar surface area (TPSA) is 64.1 Å². The molecule has 2 aromatic heterocycles. The zero-order chi connectivity index (χ0) is 23.5. The molecular formula is C26H31N3O4S. The highest BCUT2D eigenvalue weighted by molar-refractivity contribution is 7.12. The molecular weight excluding hydrogens is 450 g/mol. The lowest BCUT2D eigenvalue weighted by molar-refractivity contribution is 0.0510. The average Bonchev–Trinajstić information content (AvgIpc) is 3.54. The number of benzene rings is 1. The molecule has 7 nitrogen and oxygen atoms in total. The van der Waals surface area contributed by atoms with Crippen molar-refractivity contribution >= 4 is 34.0 Å². The summed E-state index contributed by atoms with van der Waals surface area (Å²) in [7, 11) is 1.67.